The zero-order valence-electron chi connectivity index (χ0n) is 9.21. The van der Waals surface area contributed by atoms with E-state index in [9.17, 15) is 14.4 Å². The van der Waals surface area contributed by atoms with Crippen LogP contribution >= 0.6 is 0 Å². The van der Waals surface area contributed by atoms with Gasteiger partial charge in [-0.05, 0) is 6.42 Å². The van der Waals surface area contributed by atoms with Crippen LogP contribution in [0.15, 0.2) is 0 Å². The lowest BCUT2D eigenvalue weighted by molar-refractivity contribution is -0.135. The Bertz CT molecular complexity index is 255. The van der Waals surface area contributed by atoms with Crippen LogP contribution in [0.25, 0.3) is 0 Å². The van der Waals surface area contributed by atoms with E-state index in [0.717, 1.165) is 6.42 Å². The van der Waals surface area contributed by atoms with E-state index in [4.69, 9.17) is 5.11 Å². The van der Waals surface area contributed by atoms with Gasteiger partial charge in [0.15, 0.2) is 0 Å². The van der Waals surface area contributed by atoms with Crippen molar-refractivity contribution in [3.8, 4) is 0 Å². The number of aliphatic carboxylic acids is 1. The van der Waals surface area contributed by atoms with Crippen molar-refractivity contribution in [2.45, 2.75) is 19.8 Å². The number of hydrogen-bond acceptors (Lipinski definition) is 3. The van der Waals surface area contributed by atoms with E-state index in [1.54, 1.807) is 0 Å². The molecule has 16 heavy (non-hydrogen) atoms. The van der Waals surface area contributed by atoms with Crippen LogP contribution < -0.4 is 16.0 Å². The van der Waals surface area contributed by atoms with Gasteiger partial charge in [0.25, 0.3) is 0 Å². The molecule has 0 spiro atoms. The SMILES string of the molecule is CCCNC(=O)CCNC(=O)NCC(=O)O. The molecule has 0 aromatic heterocycles. The first kappa shape index (κ1) is 14.2. The van der Waals surface area contributed by atoms with Crippen molar-refractivity contribution in [3.63, 3.8) is 0 Å². The molecule has 0 saturated carbocycles. The molecule has 0 fully saturated rings. The molecular formula is C9H17N3O4. The Morgan fingerprint density at radius 1 is 1.06 bits per heavy atom. The number of carbonyl (C=O) groups excluding carboxylic acids is 2. The fourth-order valence-electron chi connectivity index (χ4n) is 0.861. The molecule has 0 aliphatic rings. The first-order valence-corrected chi connectivity index (χ1v) is 5.06. The minimum Gasteiger partial charge on any atom is -0.480 e. The van der Waals surface area contributed by atoms with Gasteiger partial charge >= 0.3 is 12.0 Å². The molecule has 0 radical (unpaired) electrons. The predicted molar refractivity (Wildman–Crippen MR) is 57.0 cm³/mol. The van der Waals surface area contributed by atoms with Crippen LogP contribution in [0.2, 0.25) is 0 Å². The number of hydrogen-bond donors (Lipinski definition) is 4. The highest BCUT2D eigenvalue weighted by molar-refractivity contribution is 5.80. The average molecular weight is 231 g/mol. The van der Waals surface area contributed by atoms with E-state index in [-0.39, 0.29) is 18.9 Å². The molecule has 7 nitrogen and oxygen atoms in total. The molecule has 0 atom stereocenters. The van der Waals surface area contributed by atoms with E-state index in [1.165, 1.54) is 0 Å². The zero-order valence-corrected chi connectivity index (χ0v) is 9.21. The Morgan fingerprint density at radius 3 is 2.31 bits per heavy atom. The van der Waals surface area contributed by atoms with Gasteiger partial charge in [0.1, 0.15) is 6.54 Å². The molecule has 4 N–H and O–H groups in total. The van der Waals surface area contributed by atoms with Crippen molar-refractivity contribution in [3.05, 3.63) is 0 Å². The number of carboxylic acid groups (broad SMARTS) is 1. The first-order valence-electron chi connectivity index (χ1n) is 5.06. The van der Waals surface area contributed by atoms with E-state index in [1.807, 2.05) is 6.92 Å². The van der Waals surface area contributed by atoms with Crippen molar-refractivity contribution in [1.82, 2.24) is 16.0 Å². The topological polar surface area (TPSA) is 108 Å². The lowest BCUT2D eigenvalue weighted by atomic mass is 10.4. The van der Waals surface area contributed by atoms with Gasteiger partial charge in [-0.1, -0.05) is 6.92 Å². The van der Waals surface area contributed by atoms with Crippen LogP contribution in [-0.2, 0) is 9.59 Å². The van der Waals surface area contributed by atoms with Crippen LogP contribution in [0, 0.1) is 0 Å². The van der Waals surface area contributed by atoms with Gasteiger partial charge in [0.2, 0.25) is 5.91 Å². The normalized spacial score (nSPS) is 9.31. The molecule has 3 amide bonds. The highest BCUT2D eigenvalue weighted by Gasteiger charge is 2.04. The second-order valence-electron chi connectivity index (χ2n) is 3.10. The summed E-state index contributed by atoms with van der Waals surface area (Å²) in [5.41, 5.74) is 0. The Hall–Kier alpha value is -1.79. The molecule has 0 saturated heterocycles. The maximum atomic E-state index is 11.1. The highest BCUT2D eigenvalue weighted by atomic mass is 16.4. The molecule has 0 rings (SSSR count). The fraction of sp³-hybridized carbons (Fsp3) is 0.667. The van der Waals surface area contributed by atoms with Gasteiger partial charge in [-0.2, -0.15) is 0 Å². The number of urea groups is 1. The number of amides is 3. The van der Waals surface area contributed by atoms with Crippen LogP contribution in [0.3, 0.4) is 0 Å². The van der Waals surface area contributed by atoms with Gasteiger partial charge in [-0.3, -0.25) is 9.59 Å². The van der Waals surface area contributed by atoms with Crippen LogP contribution in [0.1, 0.15) is 19.8 Å². The molecule has 0 aromatic rings. The van der Waals surface area contributed by atoms with Gasteiger partial charge in [-0.25, -0.2) is 4.79 Å². The molecule has 0 aliphatic carbocycles. The predicted octanol–water partition coefficient (Wildman–Crippen LogP) is -0.713. The molecule has 92 valence electrons. The lowest BCUT2D eigenvalue weighted by Crippen LogP contribution is -2.40. The van der Waals surface area contributed by atoms with Crippen molar-refractivity contribution in [2.75, 3.05) is 19.6 Å². The third-order valence-electron chi connectivity index (χ3n) is 1.61. The van der Waals surface area contributed by atoms with Crippen molar-refractivity contribution in [1.29, 1.82) is 0 Å². The molecular weight excluding hydrogens is 214 g/mol. The largest absolute Gasteiger partial charge is 0.480 e. The standard InChI is InChI=1S/C9H17N3O4/c1-2-4-10-7(13)3-5-11-9(16)12-6-8(14)15/h2-6H2,1H3,(H,10,13)(H,14,15)(H2,11,12,16). The van der Waals surface area contributed by atoms with Gasteiger partial charge < -0.3 is 21.1 Å². The van der Waals surface area contributed by atoms with Crippen LogP contribution in [0.4, 0.5) is 4.79 Å². The average Bonchev–Trinajstić information content (AvgIpc) is 2.23. The molecule has 0 unspecified atom stereocenters. The summed E-state index contributed by atoms with van der Waals surface area (Å²) in [6.45, 7) is 2.30. The molecule has 7 heteroatoms. The smallest absolute Gasteiger partial charge is 0.323 e. The maximum absolute atomic E-state index is 11.1. The Morgan fingerprint density at radius 2 is 1.75 bits per heavy atom. The summed E-state index contributed by atoms with van der Waals surface area (Å²) < 4.78 is 0. The number of nitrogens with one attached hydrogen (secondary N) is 3. The summed E-state index contributed by atoms with van der Waals surface area (Å²) in [6.07, 6.45) is 1.04. The van der Waals surface area contributed by atoms with Crippen LogP contribution in [0.5, 0.6) is 0 Å². The lowest BCUT2D eigenvalue weighted by Gasteiger charge is -2.06. The Labute approximate surface area is 93.6 Å². The van der Waals surface area contributed by atoms with Gasteiger partial charge in [-0.15, -0.1) is 0 Å². The molecule has 0 aromatic carbocycles. The van der Waals surface area contributed by atoms with Crippen molar-refractivity contribution < 1.29 is 19.5 Å². The minimum atomic E-state index is -1.11. The van der Waals surface area contributed by atoms with Crippen molar-refractivity contribution in [2.24, 2.45) is 0 Å². The number of carboxylic acids is 1. The van der Waals surface area contributed by atoms with E-state index < -0.39 is 18.5 Å². The Balaban J connectivity index is 3.46. The summed E-state index contributed by atoms with van der Waals surface area (Å²) >= 11 is 0. The second-order valence-corrected chi connectivity index (χ2v) is 3.10. The van der Waals surface area contributed by atoms with E-state index in [0.29, 0.717) is 6.54 Å². The van der Waals surface area contributed by atoms with Crippen molar-refractivity contribution >= 4 is 17.9 Å². The van der Waals surface area contributed by atoms with E-state index in [2.05, 4.69) is 16.0 Å². The summed E-state index contributed by atoms with van der Waals surface area (Å²) in [5, 5.41) is 15.4. The Kier molecular flexibility index (Phi) is 7.56. The monoisotopic (exact) mass is 231 g/mol. The third-order valence-corrected chi connectivity index (χ3v) is 1.61. The molecule has 0 bridgehead atoms. The second kappa shape index (κ2) is 8.51. The zero-order chi connectivity index (χ0) is 12.4. The van der Waals surface area contributed by atoms with Crippen LogP contribution in [-0.4, -0.2) is 42.6 Å². The summed E-state index contributed by atoms with van der Waals surface area (Å²) in [7, 11) is 0. The summed E-state index contributed by atoms with van der Waals surface area (Å²) in [6, 6.07) is -0.592. The quantitative estimate of drug-likeness (QED) is 0.464. The fourth-order valence-corrected chi connectivity index (χ4v) is 0.861. The summed E-state index contributed by atoms with van der Waals surface area (Å²) in [4.78, 5) is 32.1. The van der Waals surface area contributed by atoms with Gasteiger partial charge in [0, 0.05) is 19.5 Å². The molecule has 0 heterocycles. The first-order chi connectivity index (χ1) is 7.56. The number of carbonyl (C=O) groups is 3. The molecule has 0 aliphatic heterocycles. The number of rotatable bonds is 7. The maximum Gasteiger partial charge on any atom is 0.323 e. The minimum absolute atomic E-state index is 0.139. The summed E-state index contributed by atoms with van der Waals surface area (Å²) in [5.74, 6) is -1.25. The van der Waals surface area contributed by atoms with Gasteiger partial charge in [0.05, 0.1) is 0 Å². The van der Waals surface area contributed by atoms with E-state index >= 15 is 0 Å². The third kappa shape index (κ3) is 8.79. The highest BCUT2D eigenvalue weighted by Crippen LogP contribution is 1.79.